The minimum absolute atomic E-state index is 0.0767. The van der Waals surface area contributed by atoms with Crippen molar-refractivity contribution in [1.29, 1.82) is 0 Å². The SMILES string of the molecule is CN(CC(=O)NCCc1ccc(C(C)(C)C)cc1)CC1CCCN1c1cccnn1. The van der Waals surface area contributed by atoms with Gasteiger partial charge < -0.3 is 10.2 Å². The van der Waals surface area contributed by atoms with Crippen molar-refractivity contribution in [1.82, 2.24) is 20.4 Å². The Morgan fingerprint density at radius 2 is 2.00 bits per heavy atom. The first-order chi connectivity index (χ1) is 14.3. The molecule has 1 atom stereocenters. The molecule has 3 rings (SSSR count). The molecular weight excluding hydrogens is 374 g/mol. The summed E-state index contributed by atoms with van der Waals surface area (Å²) in [6.45, 7) is 9.57. The molecule has 1 aliphatic rings. The molecule has 0 saturated carbocycles. The van der Waals surface area contributed by atoms with E-state index in [0.717, 1.165) is 38.2 Å². The van der Waals surface area contributed by atoms with Crippen LogP contribution in [0.25, 0.3) is 0 Å². The number of amides is 1. The van der Waals surface area contributed by atoms with Crippen molar-refractivity contribution in [3.8, 4) is 0 Å². The first kappa shape index (κ1) is 22.2. The molecule has 162 valence electrons. The lowest BCUT2D eigenvalue weighted by Gasteiger charge is -2.28. The maximum Gasteiger partial charge on any atom is 0.234 e. The van der Waals surface area contributed by atoms with Crippen LogP contribution in [0.4, 0.5) is 5.82 Å². The molecule has 1 saturated heterocycles. The van der Waals surface area contributed by atoms with E-state index in [9.17, 15) is 4.79 Å². The fourth-order valence-corrected chi connectivity index (χ4v) is 4.02. The maximum absolute atomic E-state index is 12.4. The van der Waals surface area contributed by atoms with Crippen molar-refractivity contribution in [3.05, 3.63) is 53.7 Å². The van der Waals surface area contributed by atoms with E-state index in [1.54, 1.807) is 6.20 Å². The standard InChI is InChI=1S/C24H35N5O/c1-24(2,3)20-11-9-19(10-12-20)13-15-25-23(30)18-28(4)17-21-7-6-16-29(21)22-8-5-14-26-27-22/h5,8-12,14,21H,6-7,13,15-18H2,1-4H3,(H,25,30). The molecule has 1 aromatic carbocycles. The van der Waals surface area contributed by atoms with E-state index in [0.29, 0.717) is 19.1 Å². The molecule has 0 radical (unpaired) electrons. The van der Waals surface area contributed by atoms with E-state index < -0.39 is 0 Å². The summed E-state index contributed by atoms with van der Waals surface area (Å²) in [7, 11) is 2.01. The second-order valence-corrected chi connectivity index (χ2v) is 9.31. The highest BCUT2D eigenvalue weighted by atomic mass is 16.2. The summed E-state index contributed by atoms with van der Waals surface area (Å²) in [5.41, 5.74) is 2.75. The molecule has 0 spiro atoms. The number of benzene rings is 1. The molecule has 1 amide bonds. The third-order valence-electron chi connectivity index (χ3n) is 5.72. The average molecular weight is 410 g/mol. The smallest absolute Gasteiger partial charge is 0.234 e. The first-order valence-electron chi connectivity index (χ1n) is 10.9. The van der Waals surface area contributed by atoms with Gasteiger partial charge in [0.25, 0.3) is 0 Å². The Morgan fingerprint density at radius 1 is 1.23 bits per heavy atom. The normalized spacial score (nSPS) is 16.8. The van der Waals surface area contributed by atoms with Gasteiger partial charge in [0.05, 0.1) is 6.54 Å². The molecule has 0 bridgehead atoms. The first-order valence-corrected chi connectivity index (χ1v) is 10.9. The van der Waals surface area contributed by atoms with Crippen molar-refractivity contribution in [2.45, 2.75) is 51.5 Å². The van der Waals surface area contributed by atoms with Crippen LogP contribution in [0.1, 0.15) is 44.7 Å². The van der Waals surface area contributed by atoms with Gasteiger partial charge in [-0.25, -0.2) is 0 Å². The third-order valence-corrected chi connectivity index (χ3v) is 5.72. The summed E-state index contributed by atoms with van der Waals surface area (Å²) in [4.78, 5) is 16.8. The van der Waals surface area contributed by atoms with Gasteiger partial charge in [0.15, 0.2) is 5.82 Å². The van der Waals surface area contributed by atoms with Crippen LogP contribution in [0, 0.1) is 0 Å². The number of anilines is 1. The Balaban J connectivity index is 1.40. The van der Waals surface area contributed by atoms with E-state index in [1.165, 1.54) is 11.1 Å². The number of hydrogen-bond acceptors (Lipinski definition) is 5. The largest absolute Gasteiger partial charge is 0.355 e. The number of likely N-dealkylation sites (N-methyl/N-ethyl adjacent to an activating group) is 1. The predicted molar refractivity (Wildman–Crippen MR) is 122 cm³/mol. The molecular formula is C24H35N5O. The lowest BCUT2D eigenvalue weighted by molar-refractivity contribution is -0.121. The van der Waals surface area contributed by atoms with Crippen LogP contribution in [0.15, 0.2) is 42.6 Å². The van der Waals surface area contributed by atoms with Crippen molar-refractivity contribution in [3.63, 3.8) is 0 Å². The second-order valence-electron chi connectivity index (χ2n) is 9.31. The van der Waals surface area contributed by atoms with Crippen LogP contribution in [0.2, 0.25) is 0 Å². The average Bonchev–Trinajstić information content (AvgIpc) is 3.16. The van der Waals surface area contributed by atoms with Crippen LogP contribution in [0.5, 0.6) is 0 Å². The molecule has 1 unspecified atom stereocenters. The number of aromatic nitrogens is 2. The molecule has 1 fully saturated rings. The zero-order valence-corrected chi connectivity index (χ0v) is 18.8. The van der Waals surface area contributed by atoms with Crippen LogP contribution in [-0.2, 0) is 16.6 Å². The quantitative estimate of drug-likeness (QED) is 0.726. The van der Waals surface area contributed by atoms with Crippen LogP contribution < -0.4 is 10.2 Å². The van der Waals surface area contributed by atoms with Gasteiger partial charge in [0.1, 0.15) is 0 Å². The highest BCUT2D eigenvalue weighted by molar-refractivity contribution is 5.78. The number of hydrogen-bond donors (Lipinski definition) is 1. The Morgan fingerprint density at radius 3 is 2.67 bits per heavy atom. The van der Waals surface area contributed by atoms with E-state index in [4.69, 9.17) is 0 Å². The highest BCUT2D eigenvalue weighted by Gasteiger charge is 2.27. The zero-order valence-electron chi connectivity index (χ0n) is 18.8. The van der Waals surface area contributed by atoms with Crippen molar-refractivity contribution >= 4 is 11.7 Å². The van der Waals surface area contributed by atoms with Gasteiger partial charge in [0, 0.05) is 31.9 Å². The molecule has 1 aromatic heterocycles. The van der Waals surface area contributed by atoms with Gasteiger partial charge in [0.2, 0.25) is 5.91 Å². The Bertz CT molecular complexity index is 801. The minimum Gasteiger partial charge on any atom is -0.355 e. The number of carbonyl (C=O) groups excluding carboxylic acids is 1. The van der Waals surface area contributed by atoms with Crippen LogP contribution in [0.3, 0.4) is 0 Å². The number of nitrogens with one attached hydrogen (secondary N) is 1. The number of nitrogens with zero attached hydrogens (tertiary/aromatic N) is 4. The second kappa shape index (κ2) is 10.0. The Kier molecular flexibility index (Phi) is 7.43. The summed E-state index contributed by atoms with van der Waals surface area (Å²) in [6, 6.07) is 13.0. The van der Waals surface area contributed by atoms with E-state index in [1.807, 2.05) is 19.2 Å². The van der Waals surface area contributed by atoms with Crippen molar-refractivity contribution in [2.75, 3.05) is 38.1 Å². The molecule has 6 heteroatoms. The van der Waals surface area contributed by atoms with Gasteiger partial charge >= 0.3 is 0 Å². The summed E-state index contributed by atoms with van der Waals surface area (Å²) in [5.74, 6) is 1.00. The Labute approximate surface area is 180 Å². The molecule has 6 nitrogen and oxygen atoms in total. The van der Waals surface area contributed by atoms with Gasteiger partial charge in [-0.2, -0.15) is 5.10 Å². The van der Waals surface area contributed by atoms with E-state index in [2.05, 4.69) is 70.4 Å². The van der Waals surface area contributed by atoms with Crippen molar-refractivity contribution in [2.24, 2.45) is 0 Å². The fourth-order valence-electron chi connectivity index (χ4n) is 4.02. The number of rotatable bonds is 8. The van der Waals surface area contributed by atoms with Crippen LogP contribution >= 0.6 is 0 Å². The lowest BCUT2D eigenvalue weighted by atomic mass is 9.86. The van der Waals surface area contributed by atoms with Crippen molar-refractivity contribution < 1.29 is 4.79 Å². The fraction of sp³-hybridized carbons (Fsp3) is 0.542. The molecule has 1 N–H and O–H groups in total. The van der Waals surface area contributed by atoms with E-state index in [-0.39, 0.29) is 11.3 Å². The molecule has 2 aromatic rings. The van der Waals surface area contributed by atoms with Gasteiger partial charge in [-0.3, -0.25) is 9.69 Å². The summed E-state index contributed by atoms with van der Waals surface area (Å²) in [5, 5.41) is 11.3. The monoisotopic (exact) mass is 409 g/mol. The molecule has 2 heterocycles. The van der Waals surface area contributed by atoms with Gasteiger partial charge in [-0.1, -0.05) is 45.0 Å². The Hall–Kier alpha value is -2.47. The molecule has 30 heavy (non-hydrogen) atoms. The summed E-state index contributed by atoms with van der Waals surface area (Å²) < 4.78 is 0. The van der Waals surface area contributed by atoms with Gasteiger partial charge in [-0.05, 0) is 55.0 Å². The number of carbonyl (C=O) groups is 1. The highest BCUT2D eigenvalue weighted by Crippen LogP contribution is 2.24. The third kappa shape index (κ3) is 6.26. The zero-order chi connectivity index (χ0) is 21.6. The maximum atomic E-state index is 12.4. The lowest BCUT2D eigenvalue weighted by Crippen LogP contribution is -2.43. The van der Waals surface area contributed by atoms with Gasteiger partial charge in [-0.15, -0.1) is 5.10 Å². The molecule has 1 aliphatic heterocycles. The minimum atomic E-state index is 0.0767. The van der Waals surface area contributed by atoms with Crippen LogP contribution in [-0.4, -0.2) is 60.3 Å². The van der Waals surface area contributed by atoms with E-state index >= 15 is 0 Å². The summed E-state index contributed by atoms with van der Waals surface area (Å²) >= 11 is 0. The molecule has 0 aliphatic carbocycles. The topological polar surface area (TPSA) is 61.4 Å². The predicted octanol–water partition coefficient (Wildman–Crippen LogP) is 3.03. The summed E-state index contributed by atoms with van der Waals surface area (Å²) in [6.07, 6.45) is 4.81.